The first-order chi connectivity index (χ1) is 15.0. The molecular weight excluding hydrogens is 432 g/mol. The number of thiophene rings is 1. The highest BCUT2D eigenvalue weighted by molar-refractivity contribution is 7.89. The summed E-state index contributed by atoms with van der Waals surface area (Å²) in [5.41, 5.74) is 1.39. The van der Waals surface area contributed by atoms with Crippen LogP contribution in [0.1, 0.15) is 39.7 Å². The molecule has 31 heavy (non-hydrogen) atoms. The van der Waals surface area contributed by atoms with Crippen LogP contribution in [0.25, 0.3) is 0 Å². The topological polar surface area (TPSA) is 75.7 Å². The number of nitrogens with one attached hydrogen (secondary N) is 1. The summed E-state index contributed by atoms with van der Waals surface area (Å²) in [4.78, 5) is 16.1. The minimum Gasteiger partial charge on any atom is -0.497 e. The van der Waals surface area contributed by atoms with E-state index in [0.29, 0.717) is 12.1 Å². The normalized spacial score (nSPS) is 16.4. The Morgan fingerprint density at radius 3 is 2.77 bits per heavy atom. The maximum atomic E-state index is 13.3. The van der Waals surface area contributed by atoms with Gasteiger partial charge in [0.1, 0.15) is 5.75 Å². The molecule has 0 aliphatic carbocycles. The molecule has 3 aromatic rings. The summed E-state index contributed by atoms with van der Waals surface area (Å²) in [6.07, 6.45) is 1.76. The highest BCUT2D eigenvalue weighted by Gasteiger charge is 2.31. The molecule has 1 saturated heterocycles. The van der Waals surface area contributed by atoms with Crippen LogP contribution in [-0.4, -0.2) is 32.9 Å². The van der Waals surface area contributed by atoms with E-state index in [-0.39, 0.29) is 23.4 Å². The van der Waals surface area contributed by atoms with Crippen LogP contribution in [0.2, 0.25) is 0 Å². The Morgan fingerprint density at radius 1 is 1.16 bits per heavy atom. The zero-order valence-corrected chi connectivity index (χ0v) is 18.8. The van der Waals surface area contributed by atoms with Crippen molar-refractivity contribution in [1.29, 1.82) is 0 Å². The molecule has 162 valence electrons. The second-order valence-corrected chi connectivity index (χ2v) is 10.2. The van der Waals surface area contributed by atoms with Gasteiger partial charge >= 0.3 is 0 Å². The van der Waals surface area contributed by atoms with Gasteiger partial charge in [-0.15, -0.1) is 11.3 Å². The predicted octanol–water partition coefficient (Wildman–Crippen LogP) is 4.21. The summed E-state index contributed by atoms with van der Waals surface area (Å²) in [6, 6.07) is 17.7. The molecule has 0 radical (unpaired) electrons. The summed E-state index contributed by atoms with van der Waals surface area (Å²) in [5, 5.41) is 1.90. The SMILES string of the molecule is COc1cccc([C@H]2CCCN2C(=O)c2cccc(S(=O)(=O)NCc3cccs3)c2)c1. The number of nitrogens with zero attached hydrogens (tertiary/aromatic N) is 1. The molecule has 2 heterocycles. The number of ether oxygens (including phenoxy) is 1. The Hall–Kier alpha value is -2.68. The fraction of sp³-hybridized carbons (Fsp3) is 0.261. The second kappa shape index (κ2) is 9.21. The molecule has 0 saturated carbocycles. The van der Waals surface area contributed by atoms with Crippen LogP contribution >= 0.6 is 11.3 Å². The number of amides is 1. The smallest absolute Gasteiger partial charge is 0.254 e. The Bertz CT molecular complexity index is 1160. The maximum Gasteiger partial charge on any atom is 0.254 e. The minimum absolute atomic E-state index is 0.0557. The van der Waals surface area contributed by atoms with E-state index in [4.69, 9.17) is 4.74 Å². The van der Waals surface area contributed by atoms with Gasteiger partial charge in [-0.2, -0.15) is 0 Å². The molecule has 2 aromatic carbocycles. The van der Waals surface area contributed by atoms with Crippen LogP contribution in [0.5, 0.6) is 5.75 Å². The number of benzene rings is 2. The van der Waals surface area contributed by atoms with Gasteiger partial charge < -0.3 is 9.64 Å². The molecule has 1 N–H and O–H groups in total. The monoisotopic (exact) mass is 456 g/mol. The second-order valence-electron chi connectivity index (χ2n) is 7.36. The lowest BCUT2D eigenvalue weighted by molar-refractivity contribution is 0.0735. The molecule has 8 heteroatoms. The van der Waals surface area contributed by atoms with Gasteiger partial charge in [-0.25, -0.2) is 13.1 Å². The molecule has 1 fully saturated rings. The van der Waals surface area contributed by atoms with Gasteiger partial charge in [0.05, 0.1) is 18.0 Å². The highest BCUT2D eigenvalue weighted by atomic mass is 32.2. The van der Waals surface area contributed by atoms with E-state index in [9.17, 15) is 13.2 Å². The maximum absolute atomic E-state index is 13.3. The fourth-order valence-corrected chi connectivity index (χ4v) is 5.62. The molecular formula is C23H24N2O4S2. The molecule has 1 atom stereocenters. The fourth-order valence-electron chi connectivity index (χ4n) is 3.83. The van der Waals surface area contributed by atoms with Crippen LogP contribution < -0.4 is 9.46 Å². The van der Waals surface area contributed by atoms with E-state index < -0.39 is 10.0 Å². The van der Waals surface area contributed by atoms with Gasteiger partial charge in [0.15, 0.2) is 0 Å². The lowest BCUT2D eigenvalue weighted by Crippen LogP contribution is -2.31. The van der Waals surface area contributed by atoms with E-state index in [2.05, 4.69) is 4.72 Å². The number of hydrogen-bond donors (Lipinski definition) is 1. The van der Waals surface area contributed by atoms with Crippen molar-refractivity contribution in [2.45, 2.75) is 30.3 Å². The first-order valence-electron chi connectivity index (χ1n) is 10.0. The molecule has 6 nitrogen and oxygen atoms in total. The van der Waals surface area contributed by atoms with Crippen molar-refractivity contribution in [3.8, 4) is 5.75 Å². The standard InChI is InChI=1S/C23H24N2O4S2/c1-29-19-8-2-6-17(14-19)22-11-4-12-25(22)23(26)18-7-3-10-21(15-18)31(27,28)24-16-20-9-5-13-30-20/h2-3,5-10,13-15,22,24H,4,11-12,16H2,1H3/t22-/m1/s1. The summed E-state index contributed by atoms with van der Waals surface area (Å²) in [6.45, 7) is 0.858. The van der Waals surface area contributed by atoms with Gasteiger partial charge in [-0.1, -0.05) is 24.3 Å². The van der Waals surface area contributed by atoms with E-state index >= 15 is 0 Å². The zero-order valence-electron chi connectivity index (χ0n) is 17.2. The average Bonchev–Trinajstić information content (AvgIpc) is 3.49. The molecule has 1 aliphatic rings. The molecule has 1 amide bonds. The number of methoxy groups -OCH3 is 1. The first kappa shape index (κ1) is 21.5. The largest absolute Gasteiger partial charge is 0.497 e. The summed E-state index contributed by atoms with van der Waals surface area (Å²) in [7, 11) is -2.10. The minimum atomic E-state index is -3.72. The van der Waals surface area contributed by atoms with Gasteiger partial charge in [-0.3, -0.25) is 4.79 Å². The average molecular weight is 457 g/mol. The molecule has 4 rings (SSSR count). The lowest BCUT2D eigenvalue weighted by Gasteiger charge is -2.25. The Morgan fingerprint density at radius 2 is 2.00 bits per heavy atom. The van der Waals surface area contributed by atoms with Gasteiger partial charge in [-0.05, 0) is 60.2 Å². The quantitative estimate of drug-likeness (QED) is 0.578. The molecule has 0 unspecified atom stereocenters. The Labute approximate surface area is 186 Å². The van der Waals surface area contributed by atoms with Crippen molar-refractivity contribution in [3.05, 3.63) is 82.0 Å². The van der Waals surface area contributed by atoms with Gasteiger partial charge in [0.25, 0.3) is 5.91 Å². The lowest BCUT2D eigenvalue weighted by atomic mass is 10.0. The molecule has 1 aromatic heterocycles. The predicted molar refractivity (Wildman–Crippen MR) is 121 cm³/mol. The van der Waals surface area contributed by atoms with Crippen LogP contribution in [0, 0.1) is 0 Å². The Balaban J connectivity index is 1.54. The van der Waals surface area contributed by atoms with Crippen LogP contribution in [-0.2, 0) is 16.6 Å². The summed E-state index contributed by atoms with van der Waals surface area (Å²) < 4.78 is 33.4. The highest BCUT2D eigenvalue weighted by Crippen LogP contribution is 2.34. The van der Waals surface area contributed by atoms with Gasteiger partial charge in [0.2, 0.25) is 10.0 Å². The molecule has 0 spiro atoms. The number of likely N-dealkylation sites (tertiary alicyclic amines) is 1. The number of hydrogen-bond acceptors (Lipinski definition) is 5. The van der Waals surface area contributed by atoms with E-state index in [0.717, 1.165) is 29.0 Å². The van der Waals surface area contributed by atoms with Crippen molar-refractivity contribution in [2.75, 3.05) is 13.7 Å². The molecule has 0 bridgehead atoms. The van der Waals surface area contributed by atoms with E-state index in [1.807, 2.05) is 46.7 Å². The third kappa shape index (κ3) is 4.81. The number of rotatable bonds is 7. The van der Waals surface area contributed by atoms with Crippen LogP contribution in [0.4, 0.5) is 0 Å². The zero-order chi connectivity index (χ0) is 21.8. The van der Waals surface area contributed by atoms with Crippen molar-refractivity contribution >= 4 is 27.3 Å². The summed E-state index contributed by atoms with van der Waals surface area (Å²) >= 11 is 1.49. The van der Waals surface area contributed by atoms with Crippen molar-refractivity contribution in [3.63, 3.8) is 0 Å². The van der Waals surface area contributed by atoms with Crippen LogP contribution in [0.3, 0.4) is 0 Å². The number of carbonyl (C=O) groups excluding carboxylic acids is 1. The van der Waals surface area contributed by atoms with E-state index in [1.165, 1.54) is 23.5 Å². The van der Waals surface area contributed by atoms with Gasteiger partial charge in [0, 0.05) is 23.5 Å². The third-order valence-electron chi connectivity index (χ3n) is 5.40. The third-order valence-corrected chi connectivity index (χ3v) is 7.68. The number of sulfonamides is 1. The Kier molecular flexibility index (Phi) is 6.41. The number of carbonyl (C=O) groups is 1. The van der Waals surface area contributed by atoms with Crippen LogP contribution in [0.15, 0.2) is 70.9 Å². The van der Waals surface area contributed by atoms with E-state index in [1.54, 1.807) is 19.2 Å². The first-order valence-corrected chi connectivity index (χ1v) is 12.4. The van der Waals surface area contributed by atoms with Crippen molar-refractivity contribution in [1.82, 2.24) is 9.62 Å². The summed E-state index contributed by atoms with van der Waals surface area (Å²) in [5.74, 6) is 0.585. The van der Waals surface area contributed by atoms with Crippen molar-refractivity contribution in [2.24, 2.45) is 0 Å². The molecule has 1 aliphatic heterocycles. The van der Waals surface area contributed by atoms with Crippen molar-refractivity contribution < 1.29 is 17.9 Å².